The summed E-state index contributed by atoms with van der Waals surface area (Å²) < 4.78 is 0. The second-order valence-corrected chi connectivity index (χ2v) is 3.58. The van der Waals surface area contributed by atoms with Gasteiger partial charge in [0, 0.05) is 19.3 Å². The van der Waals surface area contributed by atoms with Gasteiger partial charge in [-0.3, -0.25) is 4.79 Å². The molecule has 1 amide bonds. The first-order chi connectivity index (χ1) is 7.13. The highest BCUT2D eigenvalue weighted by atomic mass is 35.5. The number of hydrogen-bond donors (Lipinski definition) is 2. The average molecular weight is 228 g/mol. The molecule has 1 unspecified atom stereocenters. The molecule has 0 aliphatic heterocycles. The Morgan fingerprint density at radius 3 is 2.87 bits per heavy atom. The van der Waals surface area contributed by atoms with Gasteiger partial charge in [0.2, 0.25) is 5.91 Å². The summed E-state index contributed by atoms with van der Waals surface area (Å²) in [6.07, 6.45) is 1.70. The molecule has 0 aliphatic carbocycles. The highest BCUT2D eigenvalue weighted by Gasteiger charge is 2.06. The van der Waals surface area contributed by atoms with Gasteiger partial charge in [-0.1, -0.05) is 17.7 Å². The van der Waals surface area contributed by atoms with Gasteiger partial charge < -0.3 is 10.6 Å². The van der Waals surface area contributed by atoms with Crippen LogP contribution >= 0.6 is 11.6 Å². The molecule has 15 heavy (non-hydrogen) atoms. The van der Waals surface area contributed by atoms with Crippen LogP contribution in [0.4, 0.5) is 0 Å². The number of likely N-dealkylation sites (N-methyl/N-ethyl adjacent to an activating group) is 1. The average Bonchev–Trinajstić information content (AvgIpc) is 2.26. The van der Waals surface area contributed by atoms with E-state index in [-0.39, 0.29) is 11.9 Å². The maximum atomic E-state index is 11.0. The Balaban J connectivity index is 2.50. The third kappa shape index (κ3) is 3.85. The standard InChI is InChI=1S/C10H14ClN3O/c1-7(13-6-10(15)12-2)8-3-4-9(11)14-5-8/h3-5,7,13H,6H2,1-2H3,(H,12,15). The molecule has 0 saturated carbocycles. The molecule has 1 atom stereocenters. The van der Waals surface area contributed by atoms with Crippen LogP contribution in [-0.2, 0) is 4.79 Å². The van der Waals surface area contributed by atoms with Crippen molar-refractivity contribution in [1.29, 1.82) is 0 Å². The summed E-state index contributed by atoms with van der Waals surface area (Å²) >= 11 is 5.67. The van der Waals surface area contributed by atoms with Crippen molar-refractivity contribution in [2.45, 2.75) is 13.0 Å². The van der Waals surface area contributed by atoms with E-state index in [4.69, 9.17) is 11.6 Å². The van der Waals surface area contributed by atoms with Crippen molar-refractivity contribution in [2.24, 2.45) is 0 Å². The number of amides is 1. The van der Waals surface area contributed by atoms with Gasteiger partial charge in [0.1, 0.15) is 5.15 Å². The van der Waals surface area contributed by atoms with Crippen molar-refractivity contribution >= 4 is 17.5 Å². The van der Waals surface area contributed by atoms with Gasteiger partial charge in [-0.15, -0.1) is 0 Å². The van der Waals surface area contributed by atoms with Gasteiger partial charge in [0.15, 0.2) is 0 Å². The van der Waals surface area contributed by atoms with Crippen LogP contribution in [0, 0.1) is 0 Å². The summed E-state index contributed by atoms with van der Waals surface area (Å²) in [5.41, 5.74) is 1.00. The second-order valence-electron chi connectivity index (χ2n) is 3.19. The van der Waals surface area contributed by atoms with E-state index in [0.717, 1.165) is 5.56 Å². The predicted octanol–water partition coefficient (Wildman–Crippen LogP) is 1.13. The number of carbonyl (C=O) groups excluding carboxylic acids is 1. The lowest BCUT2D eigenvalue weighted by molar-refractivity contribution is -0.119. The summed E-state index contributed by atoms with van der Waals surface area (Å²) in [6, 6.07) is 3.69. The first kappa shape index (κ1) is 11.9. The Bertz CT molecular complexity index is 326. The zero-order chi connectivity index (χ0) is 11.3. The van der Waals surface area contributed by atoms with Gasteiger partial charge in [-0.05, 0) is 18.6 Å². The monoisotopic (exact) mass is 227 g/mol. The predicted molar refractivity (Wildman–Crippen MR) is 59.7 cm³/mol. The van der Waals surface area contributed by atoms with E-state index in [1.54, 1.807) is 19.3 Å². The molecule has 82 valence electrons. The molecule has 0 aliphatic rings. The number of carbonyl (C=O) groups is 1. The second kappa shape index (κ2) is 5.68. The van der Waals surface area contributed by atoms with E-state index in [9.17, 15) is 4.79 Å². The van der Waals surface area contributed by atoms with Crippen LogP contribution in [0.15, 0.2) is 18.3 Å². The van der Waals surface area contributed by atoms with E-state index in [1.165, 1.54) is 0 Å². The molecule has 4 nitrogen and oxygen atoms in total. The molecule has 5 heteroatoms. The number of halogens is 1. The molecule has 0 aromatic carbocycles. The molecule has 0 spiro atoms. The minimum absolute atomic E-state index is 0.0382. The number of pyridine rings is 1. The molecular formula is C10H14ClN3O. The van der Waals surface area contributed by atoms with E-state index < -0.39 is 0 Å². The normalized spacial score (nSPS) is 12.2. The third-order valence-corrected chi connectivity index (χ3v) is 2.32. The zero-order valence-corrected chi connectivity index (χ0v) is 9.51. The van der Waals surface area contributed by atoms with Crippen molar-refractivity contribution in [2.75, 3.05) is 13.6 Å². The molecule has 1 heterocycles. The van der Waals surface area contributed by atoms with Gasteiger partial charge in [0.25, 0.3) is 0 Å². The fourth-order valence-electron chi connectivity index (χ4n) is 1.10. The summed E-state index contributed by atoms with van der Waals surface area (Å²) in [7, 11) is 1.61. The highest BCUT2D eigenvalue weighted by Crippen LogP contribution is 2.12. The minimum atomic E-state index is -0.0382. The van der Waals surface area contributed by atoms with E-state index in [1.807, 2.05) is 13.0 Å². The summed E-state index contributed by atoms with van der Waals surface area (Å²) in [5.74, 6) is -0.0382. The Hall–Kier alpha value is -1.13. The summed E-state index contributed by atoms with van der Waals surface area (Å²) in [5, 5.41) is 6.09. The zero-order valence-electron chi connectivity index (χ0n) is 8.75. The number of rotatable bonds is 4. The first-order valence-corrected chi connectivity index (χ1v) is 5.06. The molecule has 0 bridgehead atoms. The van der Waals surface area contributed by atoms with E-state index >= 15 is 0 Å². The summed E-state index contributed by atoms with van der Waals surface area (Å²) in [4.78, 5) is 15.0. The highest BCUT2D eigenvalue weighted by molar-refractivity contribution is 6.29. The number of aromatic nitrogens is 1. The smallest absolute Gasteiger partial charge is 0.233 e. The Morgan fingerprint density at radius 2 is 2.33 bits per heavy atom. The molecule has 1 rings (SSSR count). The number of hydrogen-bond acceptors (Lipinski definition) is 3. The van der Waals surface area contributed by atoms with E-state index in [0.29, 0.717) is 11.7 Å². The molecule has 0 fully saturated rings. The van der Waals surface area contributed by atoms with E-state index in [2.05, 4.69) is 15.6 Å². The first-order valence-electron chi connectivity index (χ1n) is 4.69. The van der Waals surface area contributed by atoms with Gasteiger partial charge in [-0.25, -0.2) is 4.98 Å². The lowest BCUT2D eigenvalue weighted by atomic mass is 10.1. The Labute approximate surface area is 94.0 Å². The molecular weight excluding hydrogens is 214 g/mol. The molecule has 0 radical (unpaired) electrons. The maximum absolute atomic E-state index is 11.0. The van der Waals surface area contributed by atoms with Crippen LogP contribution in [0.25, 0.3) is 0 Å². The Morgan fingerprint density at radius 1 is 1.60 bits per heavy atom. The Kier molecular flexibility index (Phi) is 4.52. The van der Waals surface area contributed by atoms with Gasteiger partial charge >= 0.3 is 0 Å². The van der Waals surface area contributed by atoms with Crippen molar-refractivity contribution < 1.29 is 4.79 Å². The van der Waals surface area contributed by atoms with Crippen molar-refractivity contribution in [3.63, 3.8) is 0 Å². The van der Waals surface area contributed by atoms with Crippen LogP contribution in [0.5, 0.6) is 0 Å². The SMILES string of the molecule is CNC(=O)CNC(C)c1ccc(Cl)nc1. The van der Waals surface area contributed by atoms with Crippen molar-refractivity contribution in [1.82, 2.24) is 15.6 Å². The number of nitrogens with zero attached hydrogens (tertiary/aromatic N) is 1. The van der Waals surface area contributed by atoms with Crippen LogP contribution in [0.2, 0.25) is 5.15 Å². The molecule has 1 aromatic rings. The van der Waals surface area contributed by atoms with Crippen LogP contribution in [0.1, 0.15) is 18.5 Å². The van der Waals surface area contributed by atoms with Crippen molar-refractivity contribution in [3.8, 4) is 0 Å². The lowest BCUT2D eigenvalue weighted by Crippen LogP contribution is -2.32. The fourth-order valence-corrected chi connectivity index (χ4v) is 1.21. The summed E-state index contributed by atoms with van der Waals surface area (Å²) in [6.45, 7) is 2.26. The molecule has 1 aromatic heterocycles. The van der Waals surface area contributed by atoms with Gasteiger partial charge in [-0.2, -0.15) is 0 Å². The topological polar surface area (TPSA) is 54.0 Å². The quantitative estimate of drug-likeness (QED) is 0.759. The van der Waals surface area contributed by atoms with Crippen LogP contribution < -0.4 is 10.6 Å². The van der Waals surface area contributed by atoms with Crippen LogP contribution in [-0.4, -0.2) is 24.5 Å². The fraction of sp³-hybridized carbons (Fsp3) is 0.400. The lowest BCUT2D eigenvalue weighted by Gasteiger charge is -2.12. The van der Waals surface area contributed by atoms with Crippen LogP contribution in [0.3, 0.4) is 0 Å². The number of nitrogens with one attached hydrogen (secondary N) is 2. The molecule has 2 N–H and O–H groups in total. The van der Waals surface area contributed by atoms with Gasteiger partial charge in [0.05, 0.1) is 6.54 Å². The third-order valence-electron chi connectivity index (χ3n) is 2.10. The molecule has 0 saturated heterocycles. The minimum Gasteiger partial charge on any atom is -0.358 e. The van der Waals surface area contributed by atoms with Crippen molar-refractivity contribution in [3.05, 3.63) is 29.0 Å². The largest absolute Gasteiger partial charge is 0.358 e. The maximum Gasteiger partial charge on any atom is 0.233 e.